The molecule has 0 unspecified atom stereocenters. The Morgan fingerprint density at radius 3 is 2.39 bits per heavy atom. The van der Waals surface area contributed by atoms with Crippen molar-refractivity contribution >= 4 is 29.9 Å². The number of ether oxygens (including phenoxy) is 2. The van der Waals surface area contributed by atoms with Gasteiger partial charge in [0.1, 0.15) is 12.4 Å². The van der Waals surface area contributed by atoms with Gasteiger partial charge in [0.15, 0.2) is 23.3 Å². The predicted molar refractivity (Wildman–Crippen MR) is 136 cm³/mol. The number of aryl methyl sites for hydroxylation is 1. The van der Waals surface area contributed by atoms with E-state index in [1.807, 2.05) is 38.5 Å². The minimum Gasteiger partial charge on any atom is -0.490 e. The topological polar surface area (TPSA) is 85.6 Å². The largest absolute Gasteiger partial charge is 0.490 e. The highest BCUT2D eigenvalue weighted by atomic mass is 127. The van der Waals surface area contributed by atoms with E-state index in [0.717, 1.165) is 61.5 Å². The van der Waals surface area contributed by atoms with Gasteiger partial charge in [-0.05, 0) is 51.3 Å². The maximum absolute atomic E-state index is 5.73. The molecule has 0 atom stereocenters. The quantitative estimate of drug-likeness (QED) is 0.184. The lowest BCUT2D eigenvalue weighted by molar-refractivity contribution is 0.287. The monoisotopic (exact) mass is 544 g/mol. The number of guanidine groups is 1. The van der Waals surface area contributed by atoms with E-state index in [4.69, 9.17) is 9.47 Å². The standard InChI is InChI=1S/C22H36N6O2.HI/c1-6-9-13-23-22(25-16-21-27-26-17(4)28(21)5)24-14-12-18-10-11-19(29-7-2)20(15-18)30-8-3;/h10-11,15H,6-9,12-14,16H2,1-5H3,(H2,23,24,25);1H. The molecule has 1 heterocycles. The van der Waals surface area contributed by atoms with Gasteiger partial charge in [-0.25, -0.2) is 4.99 Å². The van der Waals surface area contributed by atoms with Crippen LogP contribution in [0, 0.1) is 6.92 Å². The van der Waals surface area contributed by atoms with Crippen LogP contribution in [0.3, 0.4) is 0 Å². The zero-order chi connectivity index (χ0) is 21.8. The van der Waals surface area contributed by atoms with Gasteiger partial charge in [0.25, 0.3) is 0 Å². The summed E-state index contributed by atoms with van der Waals surface area (Å²) in [6.07, 6.45) is 3.08. The molecule has 0 spiro atoms. The van der Waals surface area contributed by atoms with E-state index < -0.39 is 0 Å². The fraction of sp³-hybridized carbons (Fsp3) is 0.591. The smallest absolute Gasteiger partial charge is 0.191 e. The molecule has 0 saturated carbocycles. The van der Waals surface area contributed by atoms with Crippen molar-refractivity contribution in [1.82, 2.24) is 25.4 Å². The third-order valence-corrected chi connectivity index (χ3v) is 4.70. The highest BCUT2D eigenvalue weighted by molar-refractivity contribution is 14.0. The molecule has 1 aromatic carbocycles. The van der Waals surface area contributed by atoms with Crippen molar-refractivity contribution < 1.29 is 9.47 Å². The highest BCUT2D eigenvalue weighted by Crippen LogP contribution is 2.28. The van der Waals surface area contributed by atoms with Crippen molar-refractivity contribution in [3.05, 3.63) is 35.4 Å². The van der Waals surface area contributed by atoms with Crippen LogP contribution in [0.25, 0.3) is 0 Å². The Kier molecular flexibility index (Phi) is 13.0. The lowest BCUT2D eigenvalue weighted by atomic mass is 10.1. The van der Waals surface area contributed by atoms with Crippen LogP contribution in [-0.2, 0) is 20.0 Å². The Labute approximate surface area is 203 Å². The molecule has 31 heavy (non-hydrogen) atoms. The second-order valence-corrected chi connectivity index (χ2v) is 6.99. The number of aromatic nitrogens is 3. The van der Waals surface area contributed by atoms with Gasteiger partial charge < -0.3 is 24.7 Å². The van der Waals surface area contributed by atoms with Gasteiger partial charge in [0, 0.05) is 20.1 Å². The van der Waals surface area contributed by atoms with Crippen molar-refractivity contribution in [1.29, 1.82) is 0 Å². The summed E-state index contributed by atoms with van der Waals surface area (Å²) in [7, 11) is 1.96. The Hall–Kier alpha value is -2.04. The van der Waals surface area contributed by atoms with E-state index in [-0.39, 0.29) is 24.0 Å². The first-order valence-electron chi connectivity index (χ1n) is 10.8. The van der Waals surface area contributed by atoms with Crippen LogP contribution in [-0.4, -0.2) is 47.0 Å². The number of benzene rings is 1. The lowest BCUT2D eigenvalue weighted by Gasteiger charge is -2.14. The number of aliphatic imine (C=N–C) groups is 1. The summed E-state index contributed by atoms with van der Waals surface area (Å²) in [5, 5.41) is 15.1. The average molecular weight is 544 g/mol. The van der Waals surface area contributed by atoms with Gasteiger partial charge in [-0.1, -0.05) is 19.4 Å². The molecule has 0 aliphatic heterocycles. The summed E-state index contributed by atoms with van der Waals surface area (Å²) in [5.41, 5.74) is 1.19. The normalized spacial score (nSPS) is 11.1. The van der Waals surface area contributed by atoms with Crippen LogP contribution < -0.4 is 20.1 Å². The Bertz CT molecular complexity index is 809. The van der Waals surface area contributed by atoms with Crippen LogP contribution in [0.15, 0.2) is 23.2 Å². The molecule has 0 fully saturated rings. The molecular formula is C22H37IN6O2. The molecule has 174 valence electrons. The molecule has 0 aliphatic carbocycles. The molecule has 8 nitrogen and oxygen atoms in total. The first-order valence-corrected chi connectivity index (χ1v) is 10.8. The van der Waals surface area contributed by atoms with Crippen LogP contribution in [0.5, 0.6) is 11.5 Å². The molecule has 0 amide bonds. The summed E-state index contributed by atoms with van der Waals surface area (Å²) >= 11 is 0. The fourth-order valence-electron chi connectivity index (χ4n) is 2.87. The SMILES string of the molecule is CCCCNC(=NCc1nnc(C)n1C)NCCc1ccc(OCC)c(OCC)c1.I. The van der Waals surface area contributed by atoms with E-state index in [2.05, 4.69) is 44.9 Å². The molecule has 0 radical (unpaired) electrons. The van der Waals surface area contributed by atoms with Gasteiger partial charge in [0.05, 0.1) is 13.2 Å². The van der Waals surface area contributed by atoms with Gasteiger partial charge in [-0.3, -0.25) is 0 Å². The second-order valence-electron chi connectivity index (χ2n) is 6.99. The summed E-state index contributed by atoms with van der Waals surface area (Å²) in [4.78, 5) is 4.68. The number of halogens is 1. The van der Waals surface area contributed by atoms with E-state index in [9.17, 15) is 0 Å². The van der Waals surface area contributed by atoms with Crippen molar-refractivity contribution in [2.45, 2.75) is 53.5 Å². The number of unbranched alkanes of at least 4 members (excludes halogenated alkanes) is 1. The number of nitrogens with one attached hydrogen (secondary N) is 2. The van der Waals surface area contributed by atoms with Gasteiger partial charge in [0.2, 0.25) is 0 Å². The summed E-state index contributed by atoms with van der Waals surface area (Å²) in [6.45, 7) is 11.4. The van der Waals surface area contributed by atoms with Crippen molar-refractivity contribution in [2.75, 3.05) is 26.3 Å². The third kappa shape index (κ3) is 8.92. The predicted octanol–water partition coefficient (Wildman–Crippen LogP) is 3.62. The van der Waals surface area contributed by atoms with E-state index in [0.29, 0.717) is 19.8 Å². The molecule has 1 aromatic heterocycles. The molecular weight excluding hydrogens is 507 g/mol. The first-order chi connectivity index (χ1) is 14.6. The van der Waals surface area contributed by atoms with Gasteiger partial charge in [-0.15, -0.1) is 34.2 Å². The van der Waals surface area contributed by atoms with Gasteiger partial charge in [-0.2, -0.15) is 0 Å². The van der Waals surface area contributed by atoms with Crippen molar-refractivity contribution in [2.24, 2.45) is 12.0 Å². The fourth-order valence-corrected chi connectivity index (χ4v) is 2.87. The maximum Gasteiger partial charge on any atom is 0.191 e. The Morgan fingerprint density at radius 1 is 1.03 bits per heavy atom. The number of hydrogen-bond donors (Lipinski definition) is 2. The van der Waals surface area contributed by atoms with Crippen LogP contribution in [0.4, 0.5) is 0 Å². The molecule has 2 N–H and O–H groups in total. The zero-order valence-corrected chi connectivity index (χ0v) is 21.7. The van der Waals surface area contributed by atoms with Crippen molar-refractivity contribution in [3.63, 3.8) is 0 Å². The summed E-state index contributed by atoms with van der Waals surface area (Å²) in [5.74, 6) is 4.11. The van der Waals surface area contributed by atoms with Crippen LogP contribution in [0.2, 0.25) is 0 Å². The minimum absolute atomic E-state index is 0. The summed E-state index contributed by atoms with van der Waals surface area (Å²) in [6, 6.07) is 6.12. The van der Waals surface area contributed by atoms with E-state index in [1.165, 1.54) is 5.56 Å². The second kappa shape index (κ2) is 14.9. The van der Waals surface area contributed by atoms with E-state index >= 15 is 0 Å². The lowest BCUT2D eigenvalue weighted by Crippen LogP contribution is -2.39. The minimum atomic E-state index is 0. The molecule has 0 saturated heterocycles. The maximum atomic E-state index is 5.73. The Morgan fingerprint density at radius 2 is 1.74 bits per heavy atom. The number of nitrogens with zero attached hydrogens (tertiary/aromatic N) is 4. The van der Waals surface area contributed by atoms with Crippen LogP contribution >= 0.6 is 24.0 Å². The Balaban J connectivity index is 0.00000480. The van der Waals surface area contributed by atoms with Crippen molar-refractivity contribution in [3.8, 4) is 11.5 Å². The molecule has 9 heteroatoms. The number of hydrogen-bond acceptors (Lipinski definition) is 5. The molecule has 2 rings (SSSR count). The van der Waals surface area contributed by atoms with E-state index in [1.54, 1.807) is 0 Å². The number of rotatable bonds is 12. The van der Waals surface area contributed by atoms with Gasteiger partial charge >= 0.3 is 0 Å². The third-order valence-electron chi connectivity index (χ3n) is 4.70. The van der Waals surface area contributed by atoms with Crippen LogP contribution in [0.1, 0.15) is 50.8 Å². The highest BCUT2D eigenvalue weighted by Gasteiger charge is 2.08. The molecule has 2 aromatic rings. The average Bonchev–Trinajstić information content (AvgIpc) is 3.06. The first kappa shape index (κ1) is 27.0. The zero-order valence-electron chi connectivity index (χ0n) is 19.4. The molecule has 0 aliphatic rings. The summed E-state index contributed by atoms with van der Waals surface area (Å²) < 4.78 is 13.3. The molecule has 0 bridgehead atoms.